The maximum absolute atomic E-state index is 12.4. The van der Waals surface area contributed by atoms with Crippen LogP contribution >= 0.6 is 11.8 Å². The van der Waals surface area contributed by atoms with Gasteiger partial charge in [0, 0.05) is 38.3 Å². The van der Waals surface area contributed by atoms with Gasteiger partial charge in [-0.3, -0.25) is 9.69 Å². The molecule has 0 aromatic carbocycles. The van der Waals surface area contributed by atoms with Gasteiger partial charge in [0.25, 0.3) is 11.8 Å². The fraction of sp³-hybridized carbons (Fsp3) is 0.667. The summed E-state index contributed by atoms with van der Waals surface area (Å²) in [5.41, 5.74) is 1.06. The van der Waals surface area contributed by atoms with Gasteiger partial charge in [-0.1, -0.05) is 5.16 Å². The van der Waals surface area contributed by atoms with Crippen molar-refractivity contribution in [2.75, 3.05) is 37.7 Å². The standard InChI is InChI=1S/C18H26N6O3S/c1-13-18(22-27-21-13)26-9-5-19-17(25)15-12-24-8-7-23(6-2-16(24)20-15)14-3-10-28-11-4-14/h12,14H,2-11H2,1H3,(H,19,25). The Balaban J connectivity index is 1.26. The largest absolute Gasteiger partial charge is 0.472 e. The first kappa shape index (κ1) is 19.3. The van der Waals surface area contributed by atoms with Crippen LogP contribution in [-0.2, 0) is 13.0 Å². The van der Waals surface area contributed by atoms with E-state index in [9.17, 15) is 4.79 Å². The first-order valence-electron chi connectivity index (χ1n) is 9.78. The molecule has 0 radical (unpaired) electrons. The Morgan fingerprint density at radius 2 is 2.18 bits per heavy atom. The van der Waals surface area contributed by atoms with Gasteiger partial charge in [-0.15, -0.1) is 0 Å². The molecule has 4 rings (SSSR count). The summed E-state index contributed by atoms with van der Waals surface area (Å²) < 4.78 is 12.1. The Kier molecular flexibility index (Phi) is 6.16. The van der Waals surface area contributed by atoms with Crippen molar-refractivity contribution in [1.82, 2.24) is 30.1 Å². The second-order valence-corrected chi connectivity index (χ2v) is 8.35. The summed E-state index contributed by atoms with van der Waals surface area (Å²) in [7, 11) is 0. The molecule has 1 N–H and O–H groups in total. The summed E-state index contributed by atoms with van der Waals surface area (Å²) in [4.78, 5) is 19.6. The lowest BCUT2D eigenvalue weighted by atomic mass is 10.1. The molecule has 0 bridgehead atoms. The third-order valence-corrected chi connectivity index (χ3v) is 6.34. The van der Waals surface area contributed by atoms with Gasteiger partial charge >= 0.3 is 0 Å². The second kappa shape index (κ2) is 8.95. The van der Waals surface area contributed by atoms with Gasteiger partial charge in [0.2, 0.25) is 0 Å². The minimum atomic E-state index is -0.180. The van der Waals surface area contributed by atoms with Crippen molar-refractivity contribution in [3.63, 3.8) is 0 Å². The topological polar surface area (TPSA) is 98.3 Å². The van der Waals surface area contributed by atoms with E-state index in [1.807, 2.05) is 6.20 Å². The Morgan fingerprint density at radius 3 is 2.96 bits per heavy atom. The zero-order chi connectivity index (χ0) is 19.3. The summed E-state index contributed by atoms with van der Waals surface area (Å²) in [5, 5.41) is 10.1. The molecule has 9 nitrogen and oxygen atoms in total. The fourth-order valence-electron chi connectivity index (χ4n) is 3.72. The highest BCUT2D eigenvalue weighted by molar-refractivity contribution is 7.99. The van der Waals surface area contributed by atoms with Crippen molar-refractivity contribution in [2.24, 2.45) is 0 Å². The van der Waals surface area contributed by atoms with E-state index < -0.39 is 0 Å². The summed E-state index contributed by atoms with van der Waals surface area (Å²) >= 11 is 2.06. The Bertz CT molecular complexity index is 776. The Labute approximate surface area is 168 Å². The fourth-order valence-corrected chi connectivity index (χ4v) is 4.80. The normalized spacial score (nSPS) is 18.5. The van der Waals surface area contributed by atoms with Crippen molar-refractivity contribution in [3.8, 4) is 5.88 Å². The number of carbonyl (C=O) groups excluding carboxylic acids is 1. The highest BCUT2D eigenvalue weighted by Gasteiger charge is 2.25. The average molecular weight is 407 g/mol. The lowest BCUT2D eigenvalue weighted by Gasteiger charge is -2.32. The number of carbonyl (C=O) groups is 1. The first-order chi connectivity index (χ1) is 13.7. The quantitative estimate of drug-likeness (QED) is 0.713. The molecule has 2 aromatic rings. The number of aryl methyl sites for hydroxylation is 1. The molecule has 10 heteroatoms. The summed E-state index contributed by atoms with van der Waals surface area (Å²) in [6.45, 7) is 5.34. The van der Waals surface area contributed by atoms with Crippen LogP contribution in [0.3, 0.4) is 0 Å². The number of ether oxygens (including phenoxy) is 1. The highest BCUT2D eigenvalue weighted by Crippen LogP contribution is 2.23. The maximum Gasteiger partial charge on any atom is 0.278 e. The van der Waals surface area contributed by atoms with Gasteiger partial charge in [0.1, 0.15) is 23.8 Å². The molecule has 0 spiro atoms. The highest BCUT2D eigenvalue weighted by atomic mass is 32.2. The van der Waals surface area contributed by atoms with E-state index in [1.165, 1.54) is 24.3 Å². The van der Waals surface area contributed by atoms with E-state index in [0.29, 0.717) is 36.5 Å². The minimum Gasteiger partial charge on any atom is -0.472 e. The Hall–Kier alpha value is -2.07. The predicted molar refractivity (Wildman–Crippen MR) is 105 cm³/mol. The van der Waals surface area contributed by atoms with E-state index in [0.717, 1.165) is 31.9 Å². The molecule has 0 aliphatic carbocycles. The molecule has 0 unspecified atom stereocenters. The molecule has 0 atom stereocenters. The van der Waals surface area contributed by atoms with Gasteiger partial charge in [-0.05, 0) is 36.4 Å². The molecule has 1 amide bonds. The first-order valence-corrected chi connectivity index (χ1v) is 10.9. The SMILES string of the molecule is Cc1nonc1OCCNC(=O)c1cn2c(n1)CCN(C1CCSCC1)CC2. The number of fused-ring (bicyclic) bond motifs is 1. The van der Waals surface area contributed by atoms with Crippen molar-refractivity contribution in [1.29, 1.82) is 0 Å². The van der Waals surface area contributed by atoms with Crippen LogP contribution in [-0.4, -0.2) is 74.5 Å². The van der Waals surface area contributed by atoms with Gasteiger partial charge in [0.05, 0.1) is 6.54 Å². The van der Waals surface area contributed by atoms with E-state index in [2.05, 4.69) is 46.5 Å². The zero-order valence-corrected chi connectivity index (χ0v) is 16.9. The van der Waals surface area contributed by atoms with Crippen molar-refractivity contribution in [2.45, 2.75) is 38.8 Å². The van der Waals surface area contributed by atoms with E-state index in [1.54, 1.807) is 6.92 Å². The zero-order valence-electron chi connectivity index (χ0n) is 16.1. The van der Waals surface area contributed by atoms with Crippen LogP contribution in [0.15, 0.2) is 10.8 Å². The number of hydrogen-bond donors (Lipinski definition) is 1. The van der Waals surface area contributed by atoms with Crippen molar-refractivity contribution >= 4 is 17.7 Å². The van der Waals surface area contributed by atoms with Crippen LogP contribution in [0, 0.1) is 6.92 Å². The number of rotatable bonds is 6. The number of nitrogens with one attached hydrogen (secondary N) is 1. The third-order valence-electron chi connectivity index (χ3n) is 5.29. The molecule has 1 fully saturated rings. The number of amides is 1. The van der Waals surface area contributed by atoms with E-state index in [4.69, 9.17) is 4.74 Å². The molecular weight excluding hydrogens is 380 g/mol. The molecule has 2 aromatic heterocycles. The van der Waals surface area contributed by atoms with Crippen LogP contribution < -0.4 is 10.1 Å². The smallest absolute Gasteiger partial charge is 0.278 e. The molecule has 2 aliphatic heterocycles. The number of nitrogens with zero attached hydrogens (tertiary/aromatic N) is 5. The molecule has 1 saturated heterocycles. The molecule has 4 heterocycles. The van der Waals surface area contributed by atoms with Gasteiger partial charge in [0.15, 0.2) is 0 Å². The van der Waals surface area contributed by atoms with Crippen LogP contribution in [0.2, 0.25) is 0 Å². The number of aromatic nitrogens is 4. The minimum absolute atomic E-state index is 0.180. The molecule has 0 saturated carbocycles. The predicted octanol–water partition coefficient (Wildman–Crippen LogP) is 1.14. The van der Waals surface area contributed by atoms with E-state index in [-0.39, 0.29) is 5.91 Å². The molecular formula is C18H26N6O3S. The summed E-state index contributed by atoms with van der Waals surface area (Å²) in [5.74, 6) is 3.71. The molecule has 152 valence electrons. The number of hydrogen-bond acceptors (Lipinski definition) is 8. The van der Waals surface area contributed by atoms with Crippen LogP contribution in [0.4, 0.5) is 0 Å². The second-order valence-electron chi connectivity index (χ2n) is 7.12. The molecule has 2 aliphatic rings. The third kappa shape index (κ3) is 4.49. The monoisotopic (exact) mass is 406 g/mol. The summed E-state index contributed by atoms with van der Waals surface area (Å²) in [6.07, 6.45) is 5.33. The van der Waals surface area contributed by atoms with Crippen molar-refractivity contribution < 1.29 is 14.2 Å². The molecule has 28 heavy (non-hydrogen) atoms. The van der Waals surface area contributed by atoms with Crippen LogP contribution in [0.5, 0.6) is 5.88 Å². The summed E-state index contributed by atoms with van der Waals surface area (Å²) in [6, 6.07) is 0.706. The van der Waals surface area contributed by atoms with Gasteiger partial charge < -0.3 is 14.6 Å². The number of imidazole rings is 1. The van der Waals surface area contributed by atoms with Crippen molar-refractivity contribution in [3.05, 3.63) is 23.4 Å². The van der Waals surface area contributed by atoms with Gasteiger partial charge in [-0.2, -0.15) is 11.8 Å². The van der Waals surface area contributed by atoms with Crippen LogP contribution in [0.25, 0.3) is 0 Å². The lowest BCUT2D eigenvalue weighted by Crippen LogP contribution is -2.39. The van der Waals surface area contributed by atoms with Gasteiger partial charge in [-0.25, -0.2) is 9.61 Å². The maximum atomic E-state index is 12.4. The number of thioether (sulfide) groups is 1. The van der Waals surface area contributed by atoms with E-state index >= 15 is 0 Å². The van der Waals surface area contributed by atoms with Crippen LogP contribution in [0.1, 0.15) is 34.8 Å². The lowest BCUT2D eigenvalue weighted by molar-refractivity contribution is 0.0941. The Morgan fingerprint density at radius 1 is 1.32 bits per heavy atom. The average Bonchev–Trinajstić information content (AvgIpc) is 3.26.